The average Bonchev–Trinajstić information content (AvgIpc) is 3.62. The van der Waals surface area contributed by atoms with Crippen molar-refractivity contribution in [1.29, 1.82) is 0 Å². The third-order valence-corrected chi connectivity index (χ3v) is 9.52. The van der Waals surface area contributed by atoms with E-state index in [9.17, 15) is 18.0 Å². The van der Waals surface area contributed by atoms with Gasteiger partial charge in [-0.2, -0.15) is 13.2 Å². The SMILES string of the molecule is Cc1ccc(-c2cc(C(F)(F)F)ccc2N2CC3CN(C(=O)[C@@]4(F)CCN(C5CCCCC5)C4)CC3C2)cc1. The zero-order chi connectivity index (χ0) is 27.4. The van der Waals surface area contributed by atoms with E-state index >= 15 is 4.39 Å². The second-order valence-corrected chi connectivity index (χ2v) is 12.2. The van der Waals surface area contributed by atoms with Gasteiger partial charge in [0.05, 0.1) is 5.56 Å². The number of alkyl halides is 4. The molecular formula is C31H37F4N3O. The van der Waals surface area contributed by atoms with Gasteiger partial charge in [0.25, 0.3) is 5.91 Å². The number of carbonyl (C=O) groups excluding carboxylic acids is 1. The van der Waals surface area contributed by atoms with Crippen LogP contribution in [0.4, 0.5) is 23.2 Å². The summed E-state index contributed by atoms with van der Waals surface area (Å²) in [6.07, 6.45) is 1.67. The predicted molar refractivity (Wildman–Crippen MR) is 144 cm³/mol. The Labute approximate surface area is 228 Å². The Morgan fingerprint density at radius 3 is 2.23 bits per heavy atom. The molecule has 4 fully saturated rings. The second kappa shape index (κ2) is 10.1. The molecule has 0 spiro atoms. The summed E-state index contributed by atoms with van der Waals surface area (Å²) in [5.41, 5.74) is 0.669. The Morgan fingerprint density at radius 2 is 1.59 bits per heavy atom. The molecule has 210 valence electrons. The molecule has 0 bridgehead atoms. The van der Waals surface area contributed by atoms with Crippen molar-refractivity contribution in [2.24, 2.45) is 11.8 Å². The van der Waals surface area contributed by atoms with E-state index in [-0.39, 0.29) is 30.7 Å². The third-order valence-electron chi connectivity index (χ3n) is 9.52. The monoisotopic (exact) mass is 543 g/mol. The lowest BCUT2D eigenvalue weighted by molar-refractivity contribution is -0.142. The van der Waals surface area contributed by atoms with Crippen molar-refractivity contribution in [3.05, 3.63) is 53.6 Å². The topological polar surface area (TPSA) is 26.8 Å². The predicted octanol–water partition coefficient (Wildman–Crippen LogP) is 6.32. The van der Waals surface area contributed by atoms with E-state index in [0.717, 1.165) is 35.7 Å². The van der Waals surface area contributed by atoms with E-state index in [0.29, 0.717) is 44.3 Å². The molecule has 39 heavy (non-hydrogen) atoms. The Hall–Kier alpha value is -2.61. The number of aryl methyl sites for hydroxylation is 1. The molecule has 0 aromatic heterocycles. The summed E-state index contributed by atoms with van der Waals surface area (Å²) in [5.74, 6) is -0.000226. The maximum absolute atomic E-state index is 15.9. The summed E-state index contributed by atoms with van der Waals surface area (Å²) in [5, 5.41) is 0. The van der Waals surface area contributed by atoms with Crippen LogP contribution in [-0.4, -0.2) is 66.7 Å². The fourth-order valence-electron chi connectivity index (χ4n) is 7.32. The molecule has 1 amide bonds. The van der Waals surface area contributed by atoms with Gasteiger partial charge in [-0.25, -0.2) is 4.39 Å². The number of carbonyl (C=O) groups is 1. The number of nitrogens with zero attached hydrogens (tertiary/aromatic N) is 3. The molecule has 3 heterocycles. The van der Waals surface area contributed by atoms with Gasteiger partial charge in [-0.3, -0.25) is 9.69 Å². The highest BCUT2D eigenvalue weighted by Crippen LogP contribution is 2.42. The van der Waals surface area contributed by atoms with E-state index in [1.165, 1.54) is 25.3 Å². The van der Waals surface area contributed by atoms with Gasteiger partial charge < -0.3 is 9.80 Å². The number of benzene rings is 2. The number of likely N-dealkylation sites (tertiary alicyclic amines) is 2. The van der Waals surface area contributed by atoms with Gasteiger partial charge in [-0.05, 0) is 43.5 Å². The van der Waals surface area contributed by atoms with Crippen LogP contribution in [0.2, 0.25) is 0 Å². The quantitative estimate of drug-likeness (QED) is 0.422. The van der Waals surface area contributed by atoms with Gasteiger partial charge in [0.2, 0.25) is 5.67 Å². The molecule has 4 aliphatic rings. The van der Waals surface area contributed by atoms with Crippen molar-refractivity contribution in [2.45, 2.75) is 63.3 Å². The molecule has 3 aliphatic heterocycles. The largest absolute Gasteiger partial charge is 0.416 e. The summed E-state index contributed by atoms with van der Waals surface area (Å²) in [4.78, 5) is 19.5. The highest BCUT2D eigenvalue weighted by Gasteiger charge is 2.52. The zero-order valence-electron chi connectivity index (χ0n) is 22.5. The molecule has 2 unspecified atom stereocenters. The maximum Gasteiger partial charge on any atom is 0.416 e. The van der Waals surface area contributed by atoms with E-state index in [1.807, 2.05) is 31.2 Å². The summed E-state index contributed by atoms with van der Waals surface area (Å²) < 4.78 is 56.7. The van der Waals surface area contributed by atoms with Crippen molar-refractivity contribution in [1.82, 2.24) is 9.80 Å². The molecule has 1 saturated carbocycles. The van der Waals surface area contributed by atoms with Crippen LogP contribution in [-0.2, 0) is 11.0 Å². The molecule has 0 radical (unpaired) electrons. The molecule has 0 N–H and O–H groups in total. The Bertz CT molecular complexity index is 1200. The lowest BCUT2D eigenvalue weighted by Gasteiger charge is -2.32. The van der Waals surface area contributed by atoms with Crippen LogP contribution in [0.25, 0.3) is 11.1 Å². The Kier molecular flexibility index (Phi) is 6.89. The first-order valence-electron chi connectivity index (χ1n) is 14.4. The van der Waals surface area contributed by atoms with Crippen LogP contribution in [0.5, 0.6) is 0 Å². The minimum Gasteiger partial charge on any atom is -0.370 e. The summed E-state index contributed by atoms with van der Waals surface area (Å²) in [6, 6.07) is 11.9. The van der Waals surface area contributed by atoms with Crippen molar-refractivity contribution >= 4 is 11.6 Å². The highest BCUT2D eigenvalue weighted by molar-refractivity contribution is 5.86. The van der Waals surface area contributed by atoms with Crippen LogP contribution in [0.3, 0.4) is 0 Å². The maximum atomic E-state index is 15.9. The molecular weight excluding hydrogens is 506 g/mol. The van der Waals surface area contributed by atoms with Crippen LogP contribution >= 0.6 is 0 Å². The highest BCUT2D eigenvalue weighted by atomic mass is 19.4. The van der Waals surface area contributed by atoms with Crippen LogP contribution < -0.4 is 4.90 Å². The second-order valence-electron chi connectivity index (χ2n) is 12.2. The number of halogens is 4. The molecule has 3 atom stereocenters. The van der Waals surface area contributed by atoms with Crippen LogP contribution in [0, 0.1) is 18.8 Å². The first-order valence-corrected chi connectivity index (χ1v) is 14.4. The van der Waals surface area contributed by atoms with Crippen LogP contribution in [0.15, 0.2) is 42.5 Å². The number of hydrogen-bond donors (Lipinski definition) is 0. The lowest BCUT2D eigenvalue weighted by atomic mass is 9.94. The summed E-state index contributed by atoms with van der Waals surface area (Å²) in [6.45, 7) is 5.12. The number of anilines is 1. The number of rotatable bonds is 4. The smallest absolute Gasteiger partial charge is 0.370 e. The fraction of sp³-hybridized carbons (Fsp3) is 0.581. The Balaban J connectivity index is 1.15. The molecule has 3 saturated heterocycles. The van der Waals surface area contributed by atoms with E-state index in [2.05, 4.69) is 9.80 Å². The van der Waals surface area contributed by atoms with Gasteiger partial charge in [-0.1, -0.05) is 49.1 Å². The number of amides is 1. The molecule has 4 nitrogen and oxygen atoms in total. The standard InChI is InChI=1S/C31H37F4N3O/c1-21-7-9-22(10-8-21)27-15-25(31(33,34)35)11-12-28(27)37-16-23-18-38(19-24(23)17-37)29(39)30(32)13-14-36(20-30)26-5-3-2-4-6-26/h7-12,15,23-24,26H,2-6,13-14,16-20H2,1H3/t23?,24?,30-/m1/s1. The first-order chi connectivity index (χ1) is 18.6. The molecule has 6 rings (SSSR count). The summed E-state index contributed by atoms with van der Waals surface area (Å²) in [7, 11) is 0. The van der Waals surface area contributed by atoms with E-state index < -0.39 is 17.4 Å². The van der Waals surface area contributed by atoms with E-state index in [4.69, 9.17) is 0 Å². The molecule has 2 aromatic carbocycles. The fourth-order valence-corrected chi connectivity index (χ4v) is 7.32. The van der Waals surface area contributed by atoms with Gasteiger partial charge >= 0.3 is 6.18 Å². The van der Waals surface area contributed by atoms with Crippen molar-refractivity contribution in [2.75, 3.05) is 44.2 Å². The Morgan fingerprint density at radius 1 is 0.923 bits per heavy atom. The van der Waals surface area contributed by atoms with Gasteiger partial charge in [0, 0.05) is 74.8 Å². The third kappa shape index (κ3) is 5.17. The van der Waals surface area contributed by atoms with Crippen molar-refractivity contribution < 1.29 is 22.4 Å². The van der Waals surface area contributed by atoms with Gasteiger partial charge in [-0.15, -0.1) is 0 Å². The van der Waals surface area contributed by atoms with Crippen molar-refractivity contribution in [3.8, 4) is 11.1 Å². The van der Waals surface area contributed by atoms with Gasteiger partial charge in [0.1, 0.15) is 0 Å². The van der Waals surface area contributed by atoms with E-state index in [1.54, 1.807) is 11.0 Å². The normalized spacial score (nSPS) is 28.3. The first kappa shape index (κ1) is 26.6. The minimum atomic E-state index is -4.42. The average molecular weight is 544 g/mol. The number of fused-ring (bicyclic) bond motifs is 1. The molecule has 8 heteroatoms. The lowest BCUT2D eigenvalue weighted by Crippen LogP contribution is -2.48. The van der Waals surface area contributed by atoms with Gasteiger partial charge in [0.15, 0.2) is 0 Å². The number of hydrogen-bond acceptors (Lipinski definition) is 3. The minimum absolute atomic E-state index is 0.182. The molecule has 2 aromatic rings. The molecule has 1 aliphatic carbocycles. The van der Waals surface area contributed by atoms with Crippen LogP contribution in [0.1, 0.15) is 49.7 Å². The zero-order valence-corrected chi connectivity index (χ0v) is 22.5. The summed E-state index contributed by atoms with van der Waals surface area (Å²) >= 11 is 0. The van der Waals surface area contributed by atoms with Crippen molar-refractivity contribution in [3.63, 3.8) is 0 Å².